The minimum absolute atomic E-state index is 0.624. The summed E-state index contributed by atoms with van der Waals surface area (Å²) in [4.78, 5) is 3.65. The van der Waals surface area contributed by atoms with Gasteiger partial charge >= 0.3 is 0 Å². The zero-order valence-corrected chi connectivity index (χ0v) is 16.8. The van der Waals surface area contributed by atoms with Crippen LogP contribution in [0.25, 0.3) is 54.3 Å². The maximum atomic E-state index is 7.47. The summed E-state index contributed by atoms with van der Waals surface area (Å²) in [7, 11) is 0. The number of hydrogen-bond acceptors (Lipinski definition) is 1. The average Bonchev–Trinajstić information content (AvgIpc) is 3.28. The molecule has 0 bridgehead atoms. The van der Waals surface area contributed by atoms with Crippen LogP contribution >= 0.6 is 15.9 Å². The summed E-state index contributed by atoms with van der Waals surface area (Å²) >= 11 is 3.59. The molecule has 0 aliphatic carbocycles. The van der Waals surface area contributed by atoms with Crippen molar-refractivity contribution >= 4 is 65.4 Å². The Kier molecular flexibility index (Phi) is 3.38. The lowest BCUT2D eigenvalue weighted by Crippen LogP contribution is -1.93. The Morgan fingerprint density at radius 1 is 0.793 bits per heavy atom. The van der Waals surface area contributed by atoms with Crippen LogP contribution in [-0.2, 0) is 0 Å². The molecule has 0 saturated heterocycles. The van der Waals surface area contributed by atoms with Gasteiger partial charge in [-0.1, -0.05) is 46.3 Å². The van der Waals surface area contributed by atoms with Crippen molar-refractivity contribution in [3.8, 4) is 5.69 Å². The molecular formula is C25H13BrN2O. The number of halogens is 1. The van der Waals surface area contributed by atoms with Crippen LogP contribution in [0.2, 0.25) is 0 Å². The number of furan rings is 1. The lowest BCUT2D eigenvalue weighted by atomic mass is 10.1. The molecule has 2 aromatic heterocycles. The molecule has 0 saturated carbocycles. The number of para-hydroxylation sites is 1. The zero-order chi connectivity index (χ0) is 19.5. The molecule has 4 heteroatoms. The predicted octanol–water partition coefficient (Wildman–Crippen LogP) is 8.00. The van der Waals surface area contributed by atoms with Gasteiger partial charge in [-0.15, -0.1) is 0 Å². The Balaban J connectivity index is 1.87. The van der Waals surface area contributed by atoms with E-state index in [-0.39, 0.29) is 0 Å². The van der Waals surface area contributed by atoms with E-state index in [1.165, 1.54) is 0 Å². The van der Waals surface area contributed by atoms with Crippen molar-refractivity contribution in [3.05, 3.63) is 94.8 Å². The summed E-state index contributed by atoms with van der Waals surface area (Å²) < 4.78 is 9.57. The number of hydrogen-bond donors (Lipinski definition) is 0. The van der Waals surface area contributed by atoms with Crippen LogP contribution in [0.4, 0.5) is 5.69 Å². The van der Waals surface area contributed by atoms with Gasteiger partial charge in [0.05, 0.1) is 17.6 Å². The van der Waals surface area contributed by atoms with E-state index in [2.05, 4.69) is 55.7 Å². The van der Waals surface area contributed by atoms with Crippen LogP contribution in [0.15, 0.2) is 87.8 Å². The number of aromatic nitrogens is 1. The number of rotatable bonds is 1. The first kappa shape index (κ1) is 16.4. The summed E-state index contributed by atoms with van der Waals surface area (Å²) in [5.74, 6) is 0. The van der Waals surface area contributed by atoms with Gasteiger partial charge in [0.1, 0.15) is 11.2 Å². The monoisotopic (exact) mass is 436 g/mol. The SMILES string of the molecule is [C-]#[N+]c1ccc2c(c1)c1c3oc4ccccc4c3ccc1n2-c1cccc(Br)c1. The molecule has 3 nitrogen and oxygen atoms in total. The van der Waals surface area contributed by atoms with Crippen LogP contribution in [0.5, 0.6) is 0 Å². The van der Waals surface area contributed by atoms with Crippen molar-refractivity contribution in [1.82, 2.24) is 4.57 Å². The van der Waals surface area contributed by atoms with E-state index in [0.29, 0.717) is 5.69 Å². The van der Waals surface area contributed by atoms with E-state index in [0.717, 1.165) is 53.9 Å². The number of benzene rings is 4. The molecule has 29 heavy (non-hydrogen) atoms. The molecule has 0 unspecified atom stereocenters. The van der Waals surface area contributed by atoms with E-state index < -0.39 is 0 Å². The van der Waals surface area contributed by atoms with Gasteiger partial charge in [-0.3, -0.25) is 0 Å². The third-order valence-electron chi connectivity index (χ3n) is 5.45. The van der Waals surface area contributed by atoms with Gasteiger partial charge in [-0.2, -0.15) is 0 Å². The van der Waals surface area contributed by atoms with Gasteiger partial charge in [-0.25, -0.2) is 4.85 Å². The Labute approximate surface area is 174 Å². The van der Waals surface area contributed by atoms with Gasteiger partial charge in [-0.05, 0) is 48.5 Å². The van der Waals surface area contributed by atoms with Crippen LogP contribution in [-0.4, -0.2) is 4.57 Å². The molecule has 4 aromatic carbocycles. The van der Waals surface area contributed by atoms with Crippen molar-refractivity contribution in [2.45, 2.75) is 0 Å². The highest BCUT2D eigenvalue weighted by atomic mass is 79.9. The quantitative estimate of drug-likeness (QED) is 0.239. The molecule has 0 aliphatic heterocycles. The number of fused-ring (bicyclic) bond motifs is 7. The van der Waals surface area contributed by atoms with E-state index >= 15 is 0 Å². The van der Waals surface area contributed by atoms with Crippen LogP contribution < -0.4 is 0 Å². The van der Waals surface area contributed by atoms with Crippen molar-refractivity contribution in [3.63, 3.8) is 0 Å². The third-order valence-corrected chi connectivity index (χ3v) is 5.94. The van der Waals surface area contributed by atoms with E-state index in [1.54, 1.807) is 0 Å². The van der Waals surface area contributed by atoms with Crippen molar-refractivity contribution < 1.29 is 4.42 Å². The second-order valence-corrected chi connectivity index (χ2v) is 7.98. The van der Waals surface area contributed by atoms with E-state index in [9.17, 15) is 0 Å². The number of nitrogens with zero attached hydrogens (tertiary/aromatic N) is 2. The predicted molar refractivity (Wildman–Crippen MR) is 122 cm³/mol. The van der Waals surface area contributed by atoms with Gasteiger partial charge in [0.15, 0.2) is 5.69 Å². The average molecular weight is 437 g/mol. The first-order valence-electron chi connectivity index (χ1n) is 9.26. The molecule has 0 amide bonds. The summed E-state index contributed by atoms with van der Waals surface area (Å²) in [5, 5.41) is 4.26. The molecule has 2 heterocycles. The summed E-state index contributed by atoms with van der Waals surface area (Å²) in [6, 6.07) is 26.5. The lowest BCUT2D eigenvalue weighted by Gasteiger charge is -2.08. The lowest BCUT2D eigenvalue weighted by molar-refractivity contribution is 0.673. The molecule has 136 valence electrons. The van der Waals surface area contributed by atoms with Crippen LogP contribution in [0, 0.1) is 6.57 Å². The topological polar surface area (TPSA) is 22.4 Å². The Morgan fingerprint density at radius 3 is 2.52 bits per heavy atom. The smallest absolute Gasteiger partial charge is 0.188 e. The highest BCUT2D eigenvalue weighted by Gasteiger charge is 2.18. The molecule has 0 spiro atoms. The van der Waals surface area contributed by atoms with Gasteiger partial charge < -0.3 is 8.98 Å². The molecule has 0 atom stereocenters. The highest BCUT2D eigenvalue weighted by Crippen LogP contribution is 2.41. The van der Waals surface area contributed by atoms with E-state index in [4.69, 9.17) is 11.0 Å². The largest absolute Gasteiger partial charge is 0.455 e. The minimum atomic E-state index is 0.624. The summed E-state index contributed by atoms with van der Waals surface area (Å²) in [6.45, 7) is 7.47. The Bertz CT molecular complexity index is 1630. The van der Waals surface area contributed by atoms with Gasteiger partial charge in [0.25, 0.3) is 0 Å². The summed E-state index contributed by atoms with van der Waals surface area (Å²) in [5.41, 5.74) is 5.54. The minimum Gasteiger partial charge on any atom is -0.455 e. The fraction of sp³-hybridized carbons (Fsp3) is 0. The normalized spacial score (nSPS) is 11.6. The molecule has 0 aliphatic rings. The van der Waals surface area contributed by atoms with Crippen molar-refractivity contribution in [2.75, 3.05) is 0 Å². The first-order chi connectivity index (χ1) is 14.2. The fourth-order valence-corrected chi connectivity index (χ4v) is 4.62. The Morgan fingerprint density at radius 2 is 1.66 bits per heavy atom. The maximum Gasteiger partial charge on any atom is 0.188 e. The van der Waals surface area contributed by atoms with Gasteiger partial charge in [0.2, 0.25) is 0 Å². The molecule has 0 radical (unpaired) electrons. The second kappa shape index (κ2) is 5.97. The van der Waals surface area contributed by atoms with Crippen LogP contribution in [0.3, 0.4) is 0 Å². The van der Waals surface area contributed by atoms with E-state index in [1.807, 2.05) is 48.5 Å². The van der Waals surface area contributed by atoms with Crippen molar-refractivity contribution in [1.29, 1.82) is 0 Å². The third kappa shape index (κ3) is 2.28. The first-order valence-corrected chi connectivity index (χ1v) is 10.1. The van der Waals surface area contributed by atoms with Crippen molar-refractivity contribution in [2.24, 2.45) is 0 Å². The maximum absolute atomic E-state index is 7.47. The van der Waals surface area contributed by atoms with Crippen LogP contribution in [0.1, 0.15) is 0 Å². The van der Waals surface area contributed by atoms with Gasteiger partial charge in [0, 0.05) is 31.7 Å². The molecule has 6 aromatic rings. The standard InChI is InChI=1S/C25H13BrN2O/c1-27-16-9-11-21-20(14-16)24-22(28(21)17-6-4-5-15(26)13-17)12-10-19-18-7-2-3-8-23(18)29-25(19)24/h2-14H. The molecular weight excluding hydrogens is 424 g/mol. The molecule has 0 N–H and O–H groups in total. The molecule has 6 rings (SSSR count). The second-order valence-electron chi connectivity index (χ2n) is 7.06. The molecule has 0 fully saturated rings. The Hall–Kier alpha value is -3.55. The summed E-state index contributed by atoms with van der Waals surface area (Å²) in [6.07, 6.45) is 0. The fourth-order valence-electron chi connectivity index (χ4n) is 4.24. The highest BCUT2D eigenvalue weighted by molar-refractivity contribution is 9.10. The zero-order valence-electron chi connectivity index (χ0n) is 15.2.